The third-order valence-corrected chi connectivity index (χ3v) is 8.33. The molecule has 26 heavy (non-hydrogen) atoms. The SMILES string of the molecule is CCC(C)N(C)CCNS(=O)(=O)c1ccc(S(=O)(=O)N2CCCC2)cc1. The number of nitrogens with one attached hydrogen (secondary N) is 1. The predicted molar refractivity (Wildman–Crippen MR) is 102 cm³/mol. The smallest absolute Gasteiger partial charge is 0.243 e. The molecule has 1 aliphatic heterocycles. The van der Waals surface area contributed by atoms with Crippen LogP contribution in [0, 0.1) is 0 Å². The summed E-state index contributed by atoms with van der Waals surface area (Å²) in [5.74, 6) is 0. The molecule has 9 heteroatoms. The highest BCUT2D eigenvalue weighted by atomic mass is 32.2. The van der Waals surface area contributed by atoms with E-state index in [-0.39, 0.29) is 9.79 Å². The molecule has 148 valence electrons. The summed E-state index contributed by atoms with van der Waals surface area (Å²) in [6.07, 6.45) is 2.72. The molecular weight excluding hydrogens is 374 g/mol. The van der Waals surface area contributed by atoms with Crippen LogP contribution in [0.1, 0.15) is 33.1 Å². The highest BCUT2D eigenvalue weighted by Crippen LogP contribution is 2.22. The molecule has 1 aromatic carbocycles. The predicted octanol–water partition coefficient (Wildman–Crippen LogP) is 1.48. The molecule has 1 unspecified atom stereocenters. The van der Waals surface area contributed by atoms with Crippen LogP contribution in [0.3, 0.4) is 0 Å². The first-order chi connectivity index (χ1) is 12.2. The largest absolute Gasteiger partial charge is 0.302 e. The molecule has 0 bridgehead atoms. The standard InChI is InChI=1S/C17H29N3O4S2/c1-4-15(2)19(3)14-11-18-25(21,22)16-7-9-17(10-8-16)26(23,24)20-12-5-6-13-20/h7-10,15,18H,4-6,11-14H2,1-3H3. The lowest BCUT2D eigenvalue weighted by Gasteiger charge is -2.23. The Balaban J connectivity index is 2.02. The second-order valence-corrected chi connectivity index (χ2v) is 10.4. The summed E-state index contributed by atoms with van der Waals surface area (Å²) in [4.78, 5) is 2.30. The number of nitrogens with zero attached hydrogens (tertiary/aromatic N) is 2. The van der Waals surface area contributed by atoms with Crippen LogP contribution in [0.2, 0.25) is 0 Å². The summed E-state index contributed by atoms with van der Waals surface area (Å²) in [6.45, 7) is 6.13. The fraction of sp³-hybridized carbons (Fsp3) is 0.647. The molecule has 2 rings (SSSR count). The molecule has 1 heterocycles. The zero-order valence-corrected chi connectivity index (χ0v) is 17.3. The van der Waals surface area contributed by atoms with Crippen LogP contribution in [0.25, 0.3) is 0 Å². The number of hydrogen-bond donors (Lipinski definition) is 1. The molecule has 0 aromatic heterocycles. The summed E-state index contributed by atoms with van der Waals surface area (Å²) >= 11 is 0. The maximum atomic E-state index is 12.5. The van der Waals surface area contributed by atoms with Gasteiger partial charge in [0, 0.05) is 32.2 Å². The number of rotatable bonds is 9. The number of likely N-dealkylation sites (N-methyl/N-ethyl adjacent to an activating group) is 1. The minimum Gasteiger partial charge on any atom is -0.302 e. The van der Waals surface area contributed by atoms with Gasteiger partial charge in [-0.2, -0.15) is 4.31 Å². The van der Waals surface area contributed by atoms with Crippen molar-refractivity contribution in [2.45, 2.75) is 48.9 Å². The summed E-state index contributed by atoms with van der Waals surface area (Å²) in [6, 6.07) is 5.82. The van der Waals surface area contributed by atoms with Crippen molar-refractivity contribution in [2.24, 2.45) is 0 Å². The van der Waals surface area contributed by atoms with Crippen LogP contribution < -0.4 is 4.72 Å². The van der Waals surface area contributed by atoms with E-state index in [1.54, 1.807) is 0 Å². The highest BCUT2D eigenvalue weighted by molar-refractivity contribution is 7.89. The third kappa shape index (κ3) is 5.04. The van der Waals surface area contributed by atoms with Gasteiger partial charge in [-0.25, -0.2) is 21.6 Å². The normalized spacial score (nSPS) is 17.7. The zero-order chi connectivity index (χ0) is 19.4. The van der Waals surface area contributed by atoms with E-state index in [1.165, 1.54) is 28.6 Å². The summed E-state index contributed by atoms with van der Waals surface area (Å²) in [5.41, 5.74) is 0. The van der Waals surface area contributed by atoms with Crippen molar-refractivity contribution in [1.29, 1.82) is 0 Å². The Labute approximate surface area is 157 Å². The van der Waals surface area contributed by atoms with E-state index in [2.05, 4.69) is 23.5 Å². The van der Waals surface area contributed by atoms with Gasteiger partial charge in [0.2, 0.25) is 20.0 Å². The minimum atomic E-state index is -3.65. The molecular formula is C17H29N3O4S2. The van der Waals surface area contributed by atoms with Gasteiger partial charge in [0.1, 0.15) is 0 Å². The minimum absolute atomic E-state index is 0.0732. The quantitative estimate of drug-likeness (QED) is 0.675. The van der Waals surface area contributed by atoms with Crippen molar-refractivity contribution in [3.63, 3.8) is 0 Å². The van der Waals surface area contributed by atoms with Crippen LogP contribution in [-0.4, -0.2) is 65.3 Å². The monoisotopic (exact) mass is 403 g/mol. The van der Waals surface area contributed by atoms with Gasteiger partial charge in [-0.15, -0.1) is 0 Å². The Hall–Kier alpha value is -1.00. The van der Waals surface area contributed by atoms with Crippen molar-refractivity contribution in [1.82, 2.24) is 13.9 Å². The fourth-order valence-electron chi connectivity index (χ4n) is 2.84. The van der Waals surface area contributed by atoms with Gasteiger partial charge in [-0.3, -0.25) is 0 Å². The maximum absolute atomic E-state index is 12.5. The molecule has 1 fully saturated rings. The summed E-state index contributed by atoms with van der Waals surface area (Å²) in [7, 11) is -5.23. The number of hydrogen-bond acceptors (Lipinski definition) is 5. The van der Waals surface area contributed by atoms with E-state index >= 15 is 0 Å². The Morgan fingerprint density at radius 3 is 2.15 bits per heavy atom. The molecule has 0 spiro atoms. The van der Waals surface area contributed by atoms with Crippen LogP contribution in [0.4, 0.5) is 0 Å². The number of sulfonamides is 2. The Bertz CT molecular complexity index is 786. The second kappa shape index (κ2) is 8.79. The van der Waals surface area contributed by atoms with E-state index in [0.29, 0.717) is 32.2 Å². The molecule has 1 aromatic rings. The van der Waals surface area contributed by atoms with E-state index in [9.17, 15) is 16.8 Å². The Kier molecular flexibility index (Phi) is 7.20. The van der Waals surface area contributed by atoms with Crippen LogP contribution >= 0.6 is 0 Å². The molecule has 7 nitrogen and oxygen atoms in total. The molecule has 1 N–H and O–H groups in total. The zero-order valence-electron chi connectivity index (χ0n) is 15.7. The van der Waals surface area contributed by atoms with Gasteiger partial charge < -0.3 is 4.90 Å². The van der Waals surface area contributed by atoms with Crippen molar-refractivity contribution < 1.29 is 16.8 Å². The fourth-order valence-corrected chi connectivity index (χ4v) is 5.38. The maximum Gasteiger partial charge on any atom is 0.243 e. The molecule has 0 aliphatic carbocycles. The molecule has 0 radical (unpaired) electrons. The lowest BCUT2D eigenvalue weighted by atomic mass is 10.2. The van der Waals surface area contributed by atoms with Crippen molar-refractivity contribution in [3.8, 4) is 0 Å². The van der Waals surface area contributed by atoms with Gasteiger partial charge in [0.25, 0.3) is 0 Å². The third-order valence-electron chi connectivity index (χ3n) is 4.94. The highest BCUT2D eigenvalue weighted by Gasteiger charge is 2.27. The van der Waals surface area contributed by atoms with Crippen molar-refractivity contribution >= 4 is 20.0 Å². The van der Waals surface area contributed by atoms with E-state index in [0.717, 1.165) is 19.3 Å². The lowest BCUT2D eigenvalue weighted by Crippen LogP contribution is -2.37. The summed E-state index contributed by atoms with van der Waals surface area (Å²) in [5, 5.41) is 0. The molecule has 1 aliphatic rings. The molecule has 1 saturated heterocycles. The van der Waals surface area contributed by atoms with E-state index in [4.69, 9.17) is 0 Å². The first-order valence-electron chi connectivity index (χ1n) is 8.98. The van der Waals surface area contributed by atoms with E-state index < -0.39 is 20.0 Å². The van der Waals surface area contributed by atoms with E-state index in [1.807, 2.05) is 7.05 Å². The molecule has 0 saturated carbocycles. The van der Waals surface area contributed by atoms with Crippen molar-refractivity contribution in [3.05, 3.63) is 24.3 Å². The van der Waals surface area contributed by atoms with Gasteiger partial charge in [0.05, 0.1) is 9.79 Å². The Morgan fingerprint density at radius 2 is 1.62 bits per heavy atom. The first-order valence-corrected chi connectivity index (χ1v) is 11.9. The summed E-state index contributed by atoms with van der Waals surface area (Å²) < 4.78 is 53.8. The van der Waals surface area contributed by atoms with Gasteiger partial charge >= 0.3 is 0 Å². The van der Waals surface area contributed by atoms with Crippen LogP contribution in [0.5, 0.6) is 0 Å². The van der Waals surface area contributed by atoms with Gasteiger partial charge in [-0.1, -0.05) is 6.92 Å². The van der Waals surface area contributed by atoms with Gasteiger partial charge in [-0.05, 0) is 57.5 Å². The lowest BCUT2D eigenvalue weighted by molar-refractivity contribution is 0.256. The molecule has 0 amide bonds. The Morgan fingerprint density at radius 1 is 1.08 bits per heavy atom. The second-order valence-electron chi connectivity index (χ2n) is 6.72. The van der Waals surface area contributed by atoms with Crippen molar-refractivity contribution in [2.75, 3.05) is 33.2 Å². The first kappa shape index (κ1) is 21.3. The van der Waals surface area contributed by atoms with Crippen LogP contribution in [-0.2, 0) is 20.0 Å². The topological polar surface area (TPSA) is 86.8 Å². The van der Waals surface area contributed by atoms with Gasteiger partial charge in [0.15, 0.2) is 0 Å². The average molecular weight is 404 g/mol. The van der Waals surface area contributed by atoms with Crippen LogP contribution in [0.15, 0.2) is 34.1 Å². The molecule has 1 atom stereocenters. The number of benzene rings is 1. The average Bonchev–Trinajstić information content (AvgIpc) is 3.16.